The summed E-state index contributed by atoms with van der Waals surface area (Å²) in [4.78, 5) is 18.7. The SMILES string of the molecule is COC(=O)C(C)(C)C1CCCN(c2ccc(Br)cn2)C1. The monoisotopic (exact) mass is 340 g/mol. The first-order valence-electron chi connectivity index (χ1n) is 6.90. The largest absolute Gasteiger partial charge is 0.469 e. The van der Waals surface area contributed by atoms with Gasteiger partial charge in [-0.15, -0.1) is 0 Å². The number of rotatable bonds is 3. The Balaban J connectivity index is 2.12. The van der Waals surface area contributed by atoms with Crippen LogP contribution in [-0.4, -0.2) is 31.2 Å². The molecule has 0 saturated carbocycles. The van der Waals surface area contributed by atoms with E-state index >= 15 is 0 Å². The number of halogens is 1. The third-order valence-electron chi connectivity index (χ3n) is 4.19. The molecule has 0 bridgehead atoms. The summed E-state index contributed by atoms with van der Waals surface area (Å²) in [6, 6.07) is 4.01. The average molecular weight is 341 g/mol. The zero-order valence-electron chi connectivity index (χ0n) is 12.2. The van der Waals surface area contributed by atoms with E-state index in [9.17, 15) is 4.79 Å². The number of carbonyl (C=O) groups is 1. The van der Waals surface area contributed by atoms with E-state index in [1.54, 1.807) is 0 Å². The Morgan fingerprint density at radius 2 is 2.25 bits per heavy atom. The molecular weight excluding hydrogens is 320 g/mol. The van der Waals surface area contributed by atoms with E-state index in [1.165, 1.54) is 7.11 Å². The second-order valence-electron chi connectivity index (χ2n) is 5.83. The van der Waals surface area contributed by atoms with E-state index in [-0.39, 0.29) is 11.9 Å². The van der Waals surface area contributed by atoms with Gasteiger partial charge in [0.15, 0.2) is 0 Å². The summed E-state index contributed by atoms with van der Waals surface area (Å²) in [5.74, 6) is 1.13. The molecule has 4 nitrogen and oxygen atoms in total. The van der Waals surface area contributed by atoms with E-state index in [0.717, 1.165) is 36.2 Å². The lowest BCUT2D eigenvalue weighted by Gasteiger charge is -2.40. The van der Waals surface area contributed by atoms with Crippen molar-refractivity contribution in [3.63, 3.8) is 0 Å². The van der Waals surface area contributed by atoms with Gasteiger partial charge in [0, 0.05) is 23.8 Å². The van der Waals surface area contributed by atoms with Crippen LogP contribution in [0.5, 0.6) is 0 Å². The molecule has 1 aliphatic heterocycles. The number of piperidine rings is 1. The fourth-order valence-corrected chi connectivity index (χ4v) is 2.99. The molecule has 1 atom stereocenters. The van der Waals surface area contributed by atoms with Crippen molar-refractivity contribution in [2.24, 2.45) is 11.3 Å². The van der Waals surface area contributed by atoms with Crippen molar-refractivity contribution in [2.45, 2.75) is 26.7 Å². The third-order valence-corrected chi connectivity index (χ3v) is 4.66. The Morgan fingerprint density at radius 3 is 2.85 bits per heavy atom. The minimum Gasteiger partial charge on any atom is -0.469 e. The van der Waals surface area contributed by atoms with Gasteiger partial charge in [0.25, 0.3) is 0 Å². The second kappa shape index (κ2) is 6.12. The number of esters is 1. The summed E-state index contributed by atoms with van der Waals surface area (Å²) >= 11 is 3.40. The van der Waals surface area contributed by atoms with Crippen molar-refractivity contribution in [2.75, 3.05) is 25.1 Å². The summed E-state index contributed by atoms with van der Waals surface area (Å²) in [5.41, 5.74) is -0.456. The first-order chi connectivity index (χ1) is 9.45. The van der Waals surface area contributed by atoms with Crippen LogP contribution in [0.25, 0.3) is 0 Å². The van der Waals surface area contributed by atoms with Gasteiger partial charge in [0.1, 0.15) is 5.82 Å². The van der Waals surface area contributed by atoms with Crippen molar-refractivity contribution in [3.8, 4) is 0 Å². The molecule has 1 aromatic rings. The number of hydrogen-bond donors (Lipinski definition) is 0. The van der Waals surface area contributed by atoms with Gasteiger partial charge in [0.2, 0.25) is 0 Å². The van der Waals surface area contributed by atoms with Crippen LogP contribution in [0.15, 0.2) is 22.8 Å². The summed E-state index contributed by atoms with van der Waals surface area (Å²) in [6.07, 6.45) is 3.93. The van der Waals surface area contributed by atoms with Gasteiger partial charge >= 0.3 is 5.97 Å². The Morgan fingerprint density at radius 1 is 1.50 bits per heavy atom. The van der Waals surface area contributed by atoms with Crippen molar-refractivity contribution in [1.82, 2.24) is 4.98 Å². The number of ether oxygens (including phenoxy) is 1. The molecule has 1 aliphatic rings. The van der Waals surface area contributed by atoms with E-state index < -0.39 is 5.41 Å². The van der Waals surface area contributed by atoms with Gasteiger partial charge in [-0.25, -0.2) is 4.98 Å². The topological polar surface area (TPSA) is 42.4 Å². The molecule has 1 aromatic heterocycles. The quantitative estimate of drug-likeness (QED) is 0.792. The lowest BCUT2D eigenvalue weighted by atomic mass is 9.74. The second-order valence-corrected chi connectivity index (χ2v) is 6.75. The summed E-state index contributed by atoms with van der Waals surface area (Å²) < 4.78 is 5.92. The number of anilines is 1. The Hall–Kier alpha value is -1.10. The van der Waals surface area contributed by atoms with Gasteiger partial charge in [-0.05, 0) is 60.7 Å². The van der Waals surface area contributed by atoms with E-state index in [2.05, 4.69) is 25.8 Å². The molecule has 1 unspecified atom stereocenters. The molecule has 0 aliphatic carbocycles. The fraction of sp³-hybridized carbons (Fsp3) is 0.600. The van der Waals surface area contributed by atoms with Crippen LogP contribution in [0, 0.1) is 11.3 Å². The van der Waals surface area contributed by atoms with Crippen LogP contribution in [0.1, 0.15) is 26.7 Å². The fourth-order valence-electron chi connectivity index (χ4n) is 2.76. The van der Waals surface area contributed by atoms with E-state index in [0.29, 0.717) is 0 Å². The minimum atomic E-state index is -0.456. The van der Waals surface area contributed by atoms with Gasteiger partial charge < -0.3 is 9.64 Å². The molecule has 0 amide bonds. The van der Waals surface area contributed by atoms with Crippen LogP contribution in [0.3, 0.4) is 0 Å². The van der Waals surface area contributed by atoms with E-state index in [1.807, 2.05) is 32.2 Å². The number of carbonyl (C=O) groups excluding carboxylic acids is 1. The molecule has 0 spiro atoms. The zero-order valence-corrected chi connectivity index (χ0v) is 13.8. The Kier molecular flexibility index (Phi) is 4.68. The van der Waals surface area contributed by atoms with Crippen LogP contribution in [0.2, 0.25) is 0 Å². The molecule has 0 aromatic carbocycles. The van der Waals surface area contributed by atoms with Crippen molar-refractivity contribution < 1.29 is 9.53 Å². The minimum absolute atomic E-state index is 0.131. The average Bonchev–Trinajstić information content (AvgIpc) is 2.47. The number of hydrogen-bond acceptors (Lipinski definition) is 4. The first-order valence-corrected chi connectivity index (χ1v) is 7.69. The molecule has 1 saturated heterocycles. The standard InChI is InChI=1S/C15H21BrN2O2/c1-15(2,14(19)20-3)11-5-4-8-18(10-11)13-7-6-12(16)9-17-13/h6-7,9,11H,4-5,8,10H2,1-3H3. The predicted molar refractivity (Wildman–Crippen MR) is 82.7 cm³/mol. The highest BCUT2D eigenvalue weighted by Crippen LogP contribution is 2.36. The van der Waals surface area contributed by atoms with Crippen LogP contribution < -0.4 is 4.90 Å². The molecule has 5 heteroatoms. The number of methoxy groups -OCH3 is 1. The Labute approximate surface area is 128 Å². The van der Waals surface area contributed by atoms with Crippen molar-refractivity contribution in [3.05, 3.63) is 22.8 Å². The van der Waals surface area contributed by atoms with Crippen molar-refractivity contribution >= 4 is 27.7 Å². The van der Waals surface area contributed by atoms with E-state index in [4.69, 9.17) is 4.74 Å². The molecule has 0 radical (unpaired) electrons. The Bertz CT molecular complexity index is 473. The number of nitrogens with zero attached hydrogens (tertiary/aromatic N) is 2. The lowest BCUT2D eigenvalue weighted by Crippen LogP contribution is -2.45. The zero-order chi connectivity index (χ0) is 14.8. The van der Waals surface area contributed by atoms with Crippen LogP contribution in [-0.2, 0) is 9.53 Å². The number of pyridine rings is 1. The maximum atomic E-state index is 12.0. The lowest BCUT2D eigenvalue weighted by molar-refractivity contribution is -0.154. The molecule has 110 valence electrons. The van der Waals surface area contributed by atoms with Gasteiger partial charge in [-0.2, -0.15) is 0 Å². The van der Waals surface area contributed by atoms with Gasteiger partial charge in [-0.1, -0.05) is 0 Å². The van der Waals surface area contributed by atoms with Crippen LogP contribution in [0.4, 0.5) is 5.82 Å². The molecule has 0 N–H and O–H groups in total. The summed E-state index contributed by atoms with van der Waals surface area (Å²) in [6.45, 7) is 5.78. The maximum Gasteiger partial charge on any atom is 0.311 e. The number of aromatic nitrogens is 1. The molecule has 1 fully saturated rings. The highest BCUT2D eigenvalue weighted by atomic mass is 79.9. The normalized spacial score (nSPS) is 19.8. The molecule has 20 heavy (non-hydrogen) atoms. The predicted octanol–water partition coefficient (Wildman–Crippen LogP) is 3.26. The molecular formula is C15H21BrN2O2. The third kappa shape index (κ3) is 3.14. The van der Waals surface area contributed by atoms with Crippen molar-refractivity contribution in [1.29, 1.82) is 0 Å². The van der Waals surface area contributed by atoms with Gasteiger partial charge in [-0.3, -0.25) is 4.79 Å². The smallest absolute Gasteiger partial charge is 0.311 e. The highest BCUT2D eigenvalue weighted by molar-refractivity contribution is 9.10. The summed E-state index contributed by atoms with van der Waals surface area (Å²) in [7, 11) is 1.46. The van der Waals surface area contributed by atoms with Gasteiger partial charge in [0.05, 0.1) is 12.5 Å². The first kappa shape index (κ1) is 15.3. The molecule has 2 heterocycles. The van der Waals surface area contributed by atoms with Crippen LogP contribution >= 0.6 is 15.9 Å². The highest BCUT2D eigenvalue weighted by Gasteiger charge is 2.40. The summed E-state index contributed by atoms with van der Waals surface area (Å²) in [5, 5.41) is 0. The maximum absolute atomic E-state index is 12.0. The molecule has 2 rings (SSSR count).